The number of rotatable bonds is 4. The Hall–Kier alpha value is -0.500. The number of likely N-dealkylation sites (N-methyl/N-ethyl adjacent to an activating group) is 1. The minimum atomic E-state index is -2.20. The molecule has 4 rings (SSSR count). The van der Waals surface area contributed by atoms with Crippen LogP contribution in [0.2, 0.25) is 0 Å². The summed E-state index contributed by atoms with van der Waals surface area (Å²) in [6.07, 6.45) is 9.62. The molecule has 1 saturated carbocycles. The van der Waals surface area contributed by atoms with Crippen molar-refractivity contribution in [3.8, 4) is 0 Å². The number of nitrogens with zero attached hydrogens (tertiary/aromatic N) is 1. The van der Waals surface area contributed by atoms with E-state index in [1.54, 1.807) is 5.57 Å². The summed E-state index contributed by atoms with van der Waals surface area (Å²) in [5.41, 5.74) is 1.56. The summed E-state index contributed by atoms with van der Waals surface area (Å²) in [4.78, 5) is 2.39. The molecule has 0 aromatic rings. The van der Waals surface area contributed by atoms with Crippen LogP contribution in [0.3, 0.4) is 0 Å². The lowest BCUT2D eigenvalue weighted by Gasteiger charge is -2.47. The zero-order valence-corrected chi connectivity index (χ0v) is 17.3. The Kier molecular flexibility index (Phi) is 5.53. The number of hydrogen-bond donors (Lipinski definition) is 4. The molecule has 6 nitrogen and oxygen atoms in total. The van der Waals surface area contributed by atoms with Gasteiger partial charge in [-0.3, -0.25) is 16.0 Å². The Balaban J connectivity index is 1.44. The monoisotopic (exact) mass is 395 g/mol. The third-order valence-electron chi connectivity index (χ3n) is 7.03. The summed E-state index contributed by atoms with van der Waals surface area (Å²) in [6.45, 7) is 1.06. The Morgan fingerprint density at radius 3 is 3.11 bits per heavy atom. The molecule has 0 bridgehead atoms. The van der Waals surface area contributed by atoms with E-state index in [-0.39, 0.29) is 25.4 Å². The molecular weight excluding hydrogens is 350 g/mol. The van der Waals surface area contributed by atoms with Crippen molar-refractivity contribution in [1.29, 1.82) is 0 Å². The molecule has 3 heterocycles. The molecule has 3 aliphatic heterocycles. The number of nitrogens with one attached hydrogen (secondary N) is 4. The maximum atomic E-state index is 7.84. The lowest BCUT2D eigenvalue weighted by Crippen LogP contribution is -2.68. The fourth-order valence-corrected chi connectivity index (χ4v) is 5.66. The molecule has 28 heavy (non-hydrogen) atoms. The van der Waals surface area contributed by atoms with Gasteiger partial charge in [-0.25, -0.2) is 0 Å². The van der Waals surface area contributed by atoms with E-state index < -0.39 is 6.98 Å². The van der Waals surface area contributed by atoms with Gasteiger partial charge in [0.25, 0.3) is 0 Å². The molecule has 3 fully saturated rings. The molecular formula is C22H41N5O. The molecule has 0 aromatic heterocycles. The maximum absolute atomic E-state index is 7.84. The quantitative estimate of drug-likeness (QED) is 0.543. The number of hydrogen-bond acceptors (Lipinski definition) is 6. The molecule has 4 N–H and O–H groups in total. The highest BCUT2D eigenvalue weighted by molar-refractivity contribution is 5.15. The van der Waals surface area contributed by atoms with Crippen molar-refractivity contribution >= 4 is 0 Å². The second-order valence-electron chi connectivity index (χ2n) is 9.22. The lowest BCUT2D eigenvalue weighted by atomic mass is 9.70. The molecule has 2 saturated heterocycles. The molecule has 0 amide bonds. The van der Waals surface area contributed by atoms with Gasteiger partial charge >= 0.3 is 0 Å². The molecule has 7 unspecified atom stereocenters. The first-order valence-corrected chi connectivity index (χ1v) is 11.1. The predicted octanol–water partition coefficient (Wildman–Crippen LogP) is 1.60. The van der Waals surface area contributed by atoms with Gasteiger partial charge in [0, 0.05) is 36.6 Å². The van der Waals surface area contributed by atoms with Gasteiger partial charge in [0.15, 0.2) is 0 Å². The Morgan fingerprint density at radius 1 is 1.25 bits per heavy atom. The van der Waals surface area contributed by atoms with Gasteiger partial charge in [-0.15, -0.1) is 0 Å². The van der Waals surface area contributed by atoms with Crippen molar-refractivity contribution < 1.29 is 10.2 Å². The smallest absolute Gasteiger partial charge is 0.113 e. The number of fused-ring (bicyclic) bond motifs is 1. The van der Waals surface area contributed by atoms with Crippen LogP contribution >= 0.6 is 0 Å². The van der Waals surface area contributed by atoms with Crippen molar-refractivity contribution in [2.45, 2.75) is 82.5 Å². The molecule has 4 aliphatic rings. The van der Waals surface area contributed by atoms with Crippen LogP contribution in [-0.2, 0) is 4.74 Å². The summed E-state index contributed by atoms with van der Waals surface area (Å²) in [5.74, 6) is 1.01. The van der Waals surface area contributed by atoms with Crippen LogP contribution in [0.15, 0.2) is 11.6 Å². The van der Waals surface area contributed by atoms with Gasteiger partial charge in [-0.2, -0.15) is 0 Å². The van der Waals surface area contributed by atoms with Gasteiger partial charge < -0.3 is 15.0 Å². The van der Waals surface area contributed by atoms with Crippen LogP contribution in [0.5, 0.6) is 0 Å². The van der Waals surface area contributed by atoms with E-state index in [0.717, 1.165) is 45.4 Å². The highest BCUT2D eigenvalue weighted by Gasteiger charge is 2.42. The Morgan fingerprint density at radius 2 is 2.21 bits per heavy atom. The second-order valence-corrected chi connectivity index (χ2v) is 9.22. The first kappa shape index (κ1) is 16.2. The molecule has 6 heteroatoms. The first-order valence-electron chi connectivity index (χ1n) is 13.4. The second kappa shape index (κ2) is 9.54. The third-order valence-corrected chi connectivity index (χ3v) is 7.03. The van der Waals surface area contributed by atoms with Crippen molar-refractivity contribution in [2.24, 2.45) is 11.8 Å². The number of ether oxygens (including phenoxy) is 1. The molecule has 1 aliphatic carbocycles. The average molecular weight is 396 g/mol. The molecule has 0 spiro atoms. The van der Waals surface area contributed by atoms with E-state index in [2.05, 4.69) is 39.3 Å². The van der Waals surface area contributed by atoms with Gasteiger partial charge in [-0.05, 0) is 78.3 Å². The van der Waals surface area contributed by atoms with E-state index in [0.29, 0.717) is 30.4 Å². The molecule has 160 valence electrons. The van der Waals surface area contributed by atoms with E-state index in [1.165, 1.54) is 12.8 Å². The van der Waals surface area contributed by atoms with Crippen molar-refractivity contribution in [3.05, 3.63) is 11.6 Å². The van der Waals surface area contributed by atoms with Crippen LogP contribution in [-0.4, -0.2) is 69.3 Å². The van der Waals surface area contributed by atoms with E-state index in [9.17, 15) is 0 Å². The fraction of sp³-hybridized carbons (Fsp3) is 0.909. The molecule has 0 radical (unpaired) electrons. The molecule has 0 aromatic carbocycles. The molecule has 7 atom stereocenters. The highest BCUT2D eigenvalue weighted by Crippen LogP contribution is 2.42. The van der Waals surface area contributed by atoms with Crippen molar-refractivity contribution in [2.75, 3.05) is 33.7 Å². The first-order chi connectivity index (χ1) is 15.3. The maximum Gasteiger partial charge on any atom is 0.113 e. The van der Waals surface area contributed by atoms with E-state index >= 15 is 0 Å². The summed E-state index contributed by atoms with van der Waals surface area (Å²) in [7, 11) is 2.19. The lowest BCUT2D eigenvalue weighted by molar-refractivity contribution is -0.0798. The zero-order valence-electron chi connectivity index (χ0n) is 21.3. The minimum absolute atomic E-state index is 0.0427. The SMILES string of the molecule is [2H]CC1CC(NC([2H])([2H])[2H])NC(NC2CC3CCCOC3C(C3=CCN(C)CCC3)C2)N1. The highest BCUT2D eigenvalue weighted by atomic mass is 16.5. The Labute approximate surface area is 176 Å². The van der Waals surface area contributed by atoms with Crippen molar-refractivity contribution in [1.82, 2.24) is 26.2 Å². The van der Waals surface area contributed by atoms with Crippen LogP contribution < -0.4 is 21.3 Å². The summed E-state index contributed by atoms with van der Waals surface area (Å²) >= 11 is 0. The third kappa shape index (κ3) is 4.97. The van der Waals surface area contributed by atoms with Crippen molar-refractivity contribution in [3.63, 3.8) is 0 Å². The van der Waals surface area contributed by atoms with Crippen LogP contribution in [0.1, 0.15) is 57.3 Å². The van der Waals surface area contributed by atoms with Gasteiger partial charge in [0.2, 0.25) is 0 Å². The van der Waals surface area contributed by atoms with Crippen LogP contribution in [0.4, 0.5) is 0 Å². The van der Waals surface area contributed by atoms with Gasteiger partial charge in [-0.1, -0.05) is 11.6 Å². The Bertz CT molecular complexity index is 648. The van der Waals surface area contributed by atoms with E-state index in [4.69, 9.17) is 10.2 Å². The average Bonchev–Trinajstić information content (AvgIpc) is 2.96. The largest absolute Gasteiger partial charge is 0.377 e. The standard InChI is InChI=1S/C22H41N5O/c1-15-12-20(23-2)26-22(24-15)25-18-13-17-7-5-11-28-21(17)19(14-18)16-6-4-9-27(3)10-8-16/h8,15,17-26H,4-7,9-14H2,1-3H3/i1D,2D3. The fourth-order valence-electron chi connectivity index (χ4n) is 5.66. The predicted molar refractivity (Wildman–Crippen MR) is 114 cm³/mol. The summed E-state index contributed by atoms with van der Waals surface area (Å²) in [5, 5.41) is 13.3. The van der Waals surface area contributed by atoms with Crippen LogP contribution in [0.25, 0.3) is 0 Å². The van der Waals surface area contributed by atoms with Gasteiger partial charge in [0.05, 0.1) is 12.3 Å². The zero-order chi connectivity index (χ0) is 22.7. The normalized spacial score (nSPS) is 45.6. The topological polar surface area (TPSA) is 60.6 Å². The summed E-state index contributed by atoms with van der Waals surface area (Å²) < 4.78 is 36.8. The summed E-state index contributed by atoms with van der Waals surface area (Å²) in [6, 6.07) is 0.284. The minimum Gasteiger partial charge on any atom is -0.377 e. The van der Waals surface area contributed by atoms with Crippen LogP contribution in [0, 0.1) is 11.8 Å². The van der Waals surface area contributed by atoms with Gasteiger partial charge in [0.1, 0.15) is 6.29 Å². The van der Waals surface area contributed by atoms with E-state index in [1.807, 2.05) is 0 Å².